The van der Waals surface area contributed by atoms with Crippen molar-refractivity contribution >= 4 is 37.6 Å². The number of sulfonamides is 1. The zero-order valence-electron chi connectivity index (χ0n) is 19.2. The third-order valence-electron chi connectivity index (χ3n) is 6.65. The SMILES string of the molecule is COc1ccc(Br)cc1S(=O)(=O)N1CCCN2C(Cc3ccc(Cl)cc3)CN(C(C)C)CC21. The molecule has 2 aliphatic rings. The first kappa shape index (κ1) is 24.9. The fourth-order valence-corrected chi connectivity index (χ4v) is 7.36. The van der Waals surface area contributed by atoms with E-state index >= 15 is 0 Å². The van der Waals surface area contributed by atoms with Gasteiger partial charge >= 0.3 is 0 Å². The number of methoxy groups -OCH3 is 1. The second-order valence-electron chi connectivity index (χ2n) is 9.02. The van der Waals surface area contributed by atoms with Crippen molar-refractivity contribution in [1.82, 2.24) is 14.1 Å². The maximum atomic E-state index is 13.9. The number of halogens is 2. The van der Waals surface area contributed by atoms with Gasteiger partial charge in [0.05, 0.1) is 13.3 Å². The third-order valence-corrected chi connectivity index (χ3v) is 9.31. The quantitative estimate of drug-likeness (QED) is 0.526. The highest BCUT2D eigenvalue weighted by Gasteiger charge is 2.45. The highest BCUT2D eigenvalue weighted by Crippen LogP contribution is 2.35. The van der Waals surface area contributed by atoms with E-state index in [1.165, 1.54) is 12.7 Å². The van der Waals surface area contributed by atoms with Crippen molar-refractivity contribution < 1.29 is 13.2 Å². The minimum Gasteiger partial charge on any atom is -0.495 e. The standard InChI is InChI=1S/C24H31BrClN3O3S/c1-17(2)27-15-21(13-18-5-8-20(26)9-6-18)28-11-4-12-29(24(28)16-27)33(30,31)23-14-19(25)7-10-22(23)32-3/h5-10,14,17,21,24H,4,11-13,15-16H2,1-3H3. The van der Waals surface area contributed by atoms with Gasteiger partial charge in [-0.3, -0.25) is 9.80 Å². The van der Waals surface area contributed by atoms with Crippen LogP contribution in [0.3, 0.4) is 0 Å². The van der Waals surface area contributed by atoms with Crippen LogP contribution in [0.5, 0.6) is 5.75 Å². The second kappa shape index (κ2) is 10.2. The first-order valence-electron chi connectivity index (χ1n) is 11.3. The van der Waals surface area contributed by atoms with Crippen LogP contribution in [-0.2, 0) is 16.4 Å². The molecule has 0 N–H and O–H groups in total. The lowest BCUT2D eigenvalue weighted by Gasteiger charge is -2.53. The van der Waals surface area contributed by atoms with Crippen LogP contribution in [0, 0.1) is 0 Å². The largest absolute Gasteiger partial charge is 0.495 e. The molecule has 33 heavy (non-hydrogen) atoms. The van der Waals surface area contributed by atoms with Gasteiger partial charge in [-0.15, -0.1) is 0 Å². The van der Waals surface area contributed by atoms with Crippen molar-refractivity contribution in [3.63, 3.8) is 0 Å². The van der Waals surface area contributed by atoms with Gasteiger partial charge in [-0.1, -0.05) is 39.7 Å². The third kappa shape index (κ3) is 5.26. The molecule has 2 aliphatic heterocycles. The maximum absolute atomic E-state index is 13.9. The molecular formula is C24H31BrClN3O3S. The zero-order chi connectivity index (χ0) is 23.8. The van der Waals surface area contributed by atoms with E-state index in [1.54, 1.807) is 22.5 Å². The van der Waals surface area contributed by atoms with Crippen molar-refractivity contribution in [2.24, 2.45) is 0 Å². The average molecular weight is 557 g/mol. The molecule has 2 aromatic carbocycles. The second-order valence-corrected chi connectivity index (χ2v) is 12.2. The first-order valence-corrected chi connectivity index (χ1v) is 13.9. The number of ether oxygens (including phenoxy) is 1. The average Bonchev–Trinajstić information content (AvgIpc) is 2.80. The highest BCUT2D eigenvalue weighted by molar-refractivity contribution is 9.10. The topological polar surface area (TPSA) is 53.1 Å². The number of fused-ring (bicyclic) bond motifs is 1. The predicted molar refractivity (Wildman–Crippen MR) is 135 cm³/mol. The molecule has 2 saturated heterocycles. The Labute approximate surface area is 210 Å². The fourth-order valence-electron chi connectivity index (χ4n) is 4.91. The van der Waals surface area contributed by atoms with Crippen LogP contribution >= 0.6 is 27.5 Å². The summed E-state index contributed by atoms with van der Waals surface area (Å²) < 4.78 is 35.7. The van der Waals surface area contributed by atoms with E-state index in [0.717, 1.165) is 31.0 Å². The van der Waals surface area contributed by atoms with Crippen LogP contribution < -0.4 is 4.74 Å². The summed E-state index contributed by atoms with van der Waals surface area (Å²) in [6, 6.07) is 13.6. The lowest BCUT2D eigenvalue weighted by atomic mass is 9.98. The van der Waals surface area contributed by atoms with Crippen LogP contribution in [0.1, 0.15) is 25.8 Å². The van der Waals surface area contributed by atoms with E-state index in [4.69, 9.17) is 16.3 Å². The first-order chi connectivity index (χ1) is 15.7. The summed E-state index contributed by atoms with van der Waals surface area (Å²) in [7, 11) is -2.25. The van der Waals surface area contributed by atoms with E-state index in [9.17, 15) is 8.42 Å². The number of piperazine rings is 1. The highest BCUT2D eigenvalue weighted by atomic mass is 79.9. The predicted octanol–water partition coefficient (Wildman–Crippen LogP) is 4.47. The smallest absolute Gasteiger partial charge is 0.248 e. The summed E-state index contributed by atoms with van der Waals surface area (Å²) in [6.45, 7) is 7.33. The van der Waals surface area contributed by atoms with E-state index in [1.807, 2.05) is 12.1 Å². The van der Waals surface area contributed by atoms with Gasteiger partial charge in [0.2, 0.25) is 10.0 Å². The Morgan fingerprint density at radius 2 is 1.85 bits per heavy atom. The number of rotatable bonds is 6. The van der Waals surface area contributed by atoms with Crippen LogP contribution in [0.4, 0.5) is 0 Å². The van der Waals surface area contributed by atoms with Crippen molar-refractivity contribution in [1.29, 1.82) is 0 Å². The molecule has 9 heteroatoms. The van der Waals surface area contributed by atoms with Gasteiger partial charge in [0.15, 0.2) is 0 Å². The summed E-state index contributed by atoms with van der Waals surface area (Å²) in [5.41, 5.74) is 1.21. The van der Waals surface area contributed by atoms with Gasteiger partial charge in [-0.2, -0.15) is 4.31 Å². The summed E-state index contributed by atoms with van der Waals surface area (Å²) in [5, 5.41) is 0.724. The molecule has 0 bridgehead atoms. The summed E-state index contributed by atoms with van der Waals surface area (Å²) in [5.74, 6) is 0.365. The van der Waals surface area contributed by atoms with Crippen molar-refractivity contribution in [3.8, 4) is 5.75 Å². The molecule has 0 aromatic heterocycles. The molecule has 6 nitrogen and oxygen atoms in total. The molecular weight excluding hydrogens is 526 g/mol. The Balaban J connectivity index is 1.69. The molecule has 0 saturated carbocycles. The molecule has 0 radical (unpaired) electrons. The van der Waals surface area contributed by atoms with Crippen molar-refractivity contribution in [2.75, 3.05) is 33.3 Å². The maximum Gasteiger partial charge on any atom is 0.248 e. The monoisotopic (exact) mass is 555 g/mol. The summed E-state index contributed by atoms with van der Waals surface area (Å²) >= 11 is 9.51. The number of benzene rings is 2. The Bertz CT molecular complexity index is 1080. The zero-order valence-corrected chi connectivity index (χ0v) is 22.4. The number of hydrogen-bond acceptors (Lipinski definition) is 5. The van der Waals surface area contributed by atoms with Gasteiger partial charge in [-0.05, 0) is 62.6 Å². The van der Waals surface area contributed by atoms with Gasteiger partial charge in [0.25, 0.3) is 0 Å². The van der Waals surface area contributed by atoms with E-state index in [0.29, 0.717) is 29.4 Å². The molecule has 2 fully saturated rings. The lowest BCUT2D eigenvalue weighted by Crippen LogP contribution is -2.68. The molecule has 4 rings (SSSR count). The lowest BCUT2D eigenvalue weighted by molar-refractivity contribution is -0.0563. The minimum absolute atomic E-state index is 0.206. The van der Waals surface area contributed by atoms with E-state index < -0.39 is 10.0 Å². The summed E-state index contributed by atoms with van der Waals surface area (Å²) in [6.07, 6.45) is 1.43. The van der Waals surface area contributed by atoms with Crippen LogP contribution in [0.15, 0.2) is 51.8 Å². The molecule has 2 heterocycles. The fraction of sp³-hybridized carbons (Fsp3) is 0.500. The molecule has 0 spiro atoms. The van der Waals surface area contributed by atoms with E-state index in [2.05, 4.69) is 51.7 Å². The molecule has 2 aromatic rings. The Morgan fingerprint density at radius 1 is 1.12 bits per heavy atom. The van der Waals surface area contributed by atoms with Gasteiger partial charge in [0, 0.05) is 47.8 Å². The van der Waals surface area contributed by atoms with Crippen molar-refractivity contribution in [3.05, 3.63) is 57.5 Å². The van der Waals surface area contributed by atoms with E-state index in [-0.39, 0.29) is 17.1 Å². The van der Waals surface area contributed by atoms with Gasteiger partial charge in [0.1, 0.15) is 10.6 Å². The van der Waals surface area contributed by atoms with Crippen LogP contribution in [0.2, 0.25) is 5.02 Å². The molecule has 2 atom stereocenters. The number of nitrogens with zero attached hydrogens (tertiary/aromatic N) is 3. The molecule has 0 aliphatic carbocycles. The van der Waals surface area contributed by atoms with Gasteiger partial charge < -0.3 is 4.74 Å². The molecule has 2 unspecified atom stereocenters. The minimum atomic E-state index is -3.76. The van der Waals surface area contributed by atoms with Crippen LogP contribution in [-0.4, -0.2) is 74.1 Å². The Morgan fingerprint density at radius 3 is 2.52 bits per heavy atom. The Hall–Kier alpha value is -1.16. The van der Waals surface area contributed by atoms with Crippen LogP contribution in [0.25, 0.3) is 0 Å². The molecule has 0 amide bonds. The Kier molecular flexibility index (Phi) is 7.73. The van der Waals surface area contributed by atoms with Gasteiger partial charge in [-0.25, -0.2) is 8.42 Å². The van der Waals surface area contributed by atoms with Crippen molar-refractivity contribution in [2.45, 2.75) is 49.8 Å². The molecule has 180 valence electrons. The normalized spacial score (nSPS) is 23.0. The number of hydrogen-bond donors (Lipinski definition) is 0. The summed E-state index contributed by atoms with van der Waals surface area (Å²) in [4.78, 5) is 4.99.